The highest BCUT2D eigenvalue weighted by molar-refractivity contribution is 7.25. The molecule has 3 heterocycles. The molecule has 0 aliphatic heterocycles. The minimum atomic E-state index is -0.134. The van der Waals surface area contributed by atoms with E-state index in [1.54, 1.807) is 0 Å². The van der Waals surface area contributed by atoms with Crippen molar-refractivity contribution in [1.29, 1.82) is 0 Å². The summed E-state index contributed by atoms with van der Waals surface area (Å²) >= 11 is 1.81. The third-order valence-corrected chi connectivity index (χ3v) is 12.1. The van der Waals surface area contributed by atoms with Gasteiger partial charge in [0.2, 0.25) is 0 Å². The minimum Gasteiger partial charge on any atom is -0.456 e. The van der Waals surface area contributed by atoms with E-state index < -0.39 is 0 Å². The van der Waals surface area contributed by atoms with Crippen molar-refractivity contribution < 1.29 is 4.42 Å². The van der Waals surface area contributed by atoms with Gasteiger partial charge in [0.05, 0.1) is 0 Å². The van der Waals surface area contributed by atoms with Crippen LogP contribution in [0.3, 0.4) is 0 Å². The second kappa shape index (κ2) is 11.3. The van der Waals surface area contributed by atoms with Gasteiger partial charge in [0.1, 0.15) is 11.2 Å². The van der Waals surface area contributed by atoms with Gasteiger partial charge in [0.25, 0.3) is 0 Å². The molecule has 0 saturated carbocycles. The molecule has 0 N–H and O–H groups in total. The van der Waals surface area contributed by atoms with Crippen LogP contribution in [0, 0.1) is 0 Å². The van der Waals surface area contributed by atoms with Gasteiger partial charge in [-0.25, -0.2) is 15.0 Å². The van der Waals surface area contributed by atoms with Gasteiger partial charge in [0, 0.05) is 53.1 Å². The summed E-state index contributed by atoms with van der Waals surface area (Å²) in [6.45, 7) is 4.65. The Bertz CT molecular complexity index is 3100. The number of hydrogen-bond acceptors (Lipinski definition) is 5. The van der Waals surface area contributed by atoms with Crippen LogP contribution in [0.25, 0.3) is 98.5 Å². The van der Waals surface area contributed by atoms with Crippen LogP contribution in [0.1, 0.15) is 25.0 Å². The number of fused-ring (bicyclic) bond motifs is 10. The zero-order valence-electron chi connectivity index (χ0n) is 29.1. The van der Waals surface area contributed by atoms with Crippen molar-refractivity contribution in [3.8, 4) is 56.4 Å². The molecule has 4 nitrogen and oxygen atoms in total. The van der Waals surface area contributed by atoms with E-state index in [4.69, 9.17) is 19.4 Å². The van der Waals surface area contributed by atoms with Crippen molar-refractivity contribution in [3.63, 3.8) is 0 Å². The summed E-state index contributed by atoms with van der Waals surface area (Å²) in [6.07, 6.45) is 0. The Morgan fingerprint density at radius 3 is 1.92 bits per heavy atom. The van der Waals surface area contributed by atoms with Crippen LogP contribution in [-0.4, -0.2) is 15.0 Å². The van der Waals surface area contributed by atoms with Crippen LogP contribution < -0.4 is 0 Å². The van der Waals surface area contributed by atoms with Crippen LogP contribution >= 0.6 is 11.3 Å². The lowest BCUT2D eigenvalue weighted by Gasteiger charge is -2.21. The first-order chi connectivity index (χ1) is 26.0. The monoisotopic (exact) mass is 697 g/mol. The normalized spacial score (nSPS) is 13.2. The molecule has 11 rings (SSSR count). The van der Waals surface area contributed by atoms with Gasteiger partial charge < -0.3 is 4.42 Å². The van der Waals surface area contributed by atoms with Crippen LogP contribution in [0.5, 0.6) is 0 Å². The fourth-order valence-corrected chi connectivity index (χ4v) is 9.38. The second-order valence-corrected chi connectivity index (χ2v) is 15.5. The Labute approximate surface area is 310 Å². The van der Waals surface area contributed by atoms with Crippen LogP contribution in [0.2, 0.25) is 0 Å². The molecule has 0 saturated heterocycles. The van der Waals surface area contributed by atoms with Crippen LogP contribution in [-0.2, 0) is 5.41 Å². The van der Waals surface area contributed by atoms with Gasteiger partial charge >= 0.3 is 0 Å². The predicted molar refractivity (Wildman–Crippen MR) is 219 cm³/mol. The van der Waals surface area contributed by atoms with Crippen LogP contribution in [0.15, 0.2) is 156 Å². The number of nitrogens with zero attached hydrogens (tertiary/aromatic N) is 3. The molecule has 0 fully saturated rings. The van der Waals surface area contributed by atoms with E-state index in [2.05, 4.69) is 141 Å². The number of benzene rings is 7. The summed E-state index contributed by atoms with van der Waals surface area (Å²) in [5.41, 5.74) is 12.0. The number of thiophene rings is 1. The van der Waals surface area contributed by atoms with Gasteiger partial charge in [-0.2, -0.15) is 0 Å². The Morgan fingerprint density at radius 2 is 1.08 bits per heavy atom. The lowest BCUT2D eigenvalue weighted by Crippen LogP contribution is -2.14. The first kappa shape index (κ1) is 30.2. The van der Waals surface area contributed by atoms with Crippen molar-refractivity contribution in [2.75, 3.05) is 0 Å². The highest BCUT2D eigenvalue weighted by Crippen LogP contribution is 2.53. The Hall–Kier alpha value is -6.43. The molecular formula is C48H31N3OS. The molecule has 10 aromatic rings. The Morgan fingerprint density at radius 1 is 0.453 bits per heavy atom. The molecule has 1 aliphatic rings. The molecule has 7 aromatic carbocycles. The predicted octanol–water partition coefficient (Wildman–Crippen LogP) is 13.1. The smallest absolute Gasteiger partial charge is 0.164 e. The zero-order chi connectivity index (χ0) is 35.3. The second-order valence-electron chi connectivity index (χ2n) is 14.4. The third kappa shape index (κ3) is 4.64. The van der Waals surface area contributed by atoms with E-state index in [1.165, 1.54) is 47.8 Å². The lowest BCUT2D eigenvalue weighted by atomic mass is 9.82. The number of aromatic nitrogens is 3. The molecule has 0 radical (unpaired) electrons. The average Bonchev–Trinajstić information content (AvgIpc) is 3.85. The van der Waals surface area contributed by atoms with E-state index in [1.807, 2.05) is 35.6 Å². The Kier molecular flexibility index (Phi) is 6.43. The molecule has 53 heavy (non-hydrogen) atoms. The Balaban J connectivity index is 1.06. The average molecular weight is 698 g/mol. The van der Waals surface area contributed by atoms with E-state index in [-0.39, 0.29) is 5.41 Å². The molecule has 5 heteroatoms. The molecule has 0 amide bonds. The topological polar surface area (TPSA) is 51.8 Å². The number of para-hydroxylation sites is 1. The van der Waals surface area contributed by atoms with E-state index >= 15 is 0 Å². The van der Waals surface area contributed by atoms with Crippen molar-refractivity contribution in [3.05, 3.63) is 163 Å². The lowest BCUT2D eigenvalue weighted by molar-refractivity contribution is 0.656. The SMILES string of the molecule is CC1(C)c2ccc(-c3cccc(-c4nc(-c5ccccc5)nc(-c5ccc6sc7ccccc7c6c5)n4)c3)cc2-c2c1ccc1oc3ccccc3c21. The van der Waals surface area contributed by atoms with E-state index in [9.17, 15) is 0 Å². The maximum atomic E-state index is 6.34. The van der Waals surface area contributed by atoms with Gasteiger partial charge in [-0.05, 0) is 81.9 Å². The van der Waals surface area contributed by atoms with E-state index in [0.29, 0.717) is 17.5 Å². The van der Waals surface area contributed by atoms with E-state index in [0.717, 1.165) is 44.4 Å². The standard InChI is InChI=1S/C48H31N3OS/c1-48(2)37-21-19-30(26-36(37)43-38(48)22-23-40-44(43)34-16-6-8-17-39(34)52-40)29-13-10-14-31(25-29)46-49-45(28-11-4-3-5-12-28)50-47(51-46)32-20-24-42-35(27-32)33-15-7-9-18-41(33)53-42/h3-27H,1-2H3. The summed E-state index contributed by atoms with van der Waals surface area (Å²) in [6, 6.07) is 53.6. The summed E-state index contributed by atoms with van der Waals surface area (Å²) in [7, 11) is 0. The van der Waals surface area contributed by atoms with Gasteiger partial charge in [-0.1, -0.05) is 117 Å². The summed E-state index contributed by atoms with van der Waals surface area (Å²) < 4.78 is 8.87. The molecule has 0 unspecified atom stereocenters. The zero-order valence-corrected chi connectivity index (χ0v) is 29.9. The number of rotatable bonds is 4. The fraction of sp³-hybridized carbons (Fsp3) is 0.0625. The maximum absolute atomic E-state index is 6.34. The molecule has 0 atom stereocenters. The number of furan rings is 1. The summed E-state index contributed by atoms with van der Waals surface area (Å²) in [5, 5.41) is 4.81. The number of hydrogen-bond donors (Lipinski definition) is 0. The fourth-order valence-electron chi connectivity index (χ4n) is 8.29. The van der Waals surface area contributed by atoms with Crippen LogP contribution in [0.4, 0.5) is 0 Å². The first-order valence-corrected chi connectivity index (χ1v) is 18.7. The van der Waals surface area contributed by atoms with Crippen molar-refractivity contribution in [1.82, 2.24) is 15.0 Å². The minimum absolute atomic E-state index is 0.134. The van der Waals surface area contributed by atoms with Gasteiger partial charge in [-0.15, -0.1) is 11.3 Å². The molecule has 3 aromatic heterocycles. The van der Waals surface area contributed by atoms with Gasteiger partial charge in [-0.3, -0.25) is 0 Å². The first-order valence-electron chi connectivity index (χ1n) is 17.9. The third-order valence-electron chi connectivity index (χ3n) is 10.9. The summed E-state index contributed by atoms with van der Waals surface area (Å²) in [4.78, 5) is 15.3. The molecular weight excluding hydrogens is 667 g/mol. The molecule has 0 bridgehead atoms. The van der Waals surface area contributed by atoms with Gasteiger partial charge in [0.15, 0.2) is 17.5 Å². The molecule has 0 spiro atoms. The maximum Gasteiger partial charge on any atom is 0.164 e. The quantitative estimate of drug-likeness (QED) is 0.184. The van der Waals surface area contributed by atoms with Crippen molar-refractivity contribution in [2.24, 2.45) is 0 Å². The largest absolute Gasteiger partial charge is 0.456 e. The van der Waals surface area contributed by atoms with Crippen molar-refractivity contribution in [2.45, 2.75) is 19.3 Å². The molecule has 250 valence electrons. The molecule has 1 aliphatic carbocycles. The van der Waals surface area contributed by atoms with Crippen molar-refractivity contribution >= 4 is 53.4 Å². The summed E-state index contributed by atoms with van der Waals surface area (Å²) in [5.74, 6) is 1.95. The highest BCUT2D eigenvalue weighted by Gasteiger charge is 2.37. The highest BCUT2D eigenvalue weighted by atomic mass is 32.1.